The average molecular weight is 1240 g/mol. The molecule has 0 rings (SSSR count). The van der Waals surface area contributed by atoms with Crippen molar-refractivity contribution >= 4 is 39.5 Å². The minimum Gasteiger partial charge on any atom is -0.462 e. The normalized spacial score (nSPS) is 14.6. The molecule has 498 valence electrons. The van der Waals surface area contributed by atoms with E-state index in [1.165, 1.54) is 135 Å². The number of carbonyl (C=O) groups excluding carboxylic acids is 4. The van der Waals surface area contributed by atoms with E-state index in [2.05, 4.69) is 41.5 Å². The summed E-state index contributed by atoms with van der Waals surface area (Å²) in [5.74, 6) is -0.547. The monoisotopic (exact) mass is 1240 g/mol. The molecule has 84 heavy (non-hydrogen) atoms. The van der Waals surface area contributed by atoms with Crippen LogP contribution < -0.4 is 0 Å². The summed E-state index contributed by atoms with van der Waals surface area (Å²) >= 11 is 0. The predicted octanol–water partition coefficient (Wildman–Crippen LogP) is 18.0. The first-order chi connectivity index (χ1) is 40.4. The third-order valence-electron chi connectivity index (χ3n) is 15.3. The van der Waals surface area contributed by atoms with Crippen LogP contribution >= 0.6 is 15.6 Å². The highest BCUT2D eigenvalue weighted by Gasteiger charge is 2.30. The lowest BCUT2D eigenvalue weighted by molar-refractivity contribution is -0.161. The lowest BCUT2D eigenvalue weighted by atomic mass is 9.99. The Balaban J connectivity index is 5.17. The van der Waals surface area contributed by atoms with Gasteiger partial charge in [-0.05, 0) is 37.5 Å². The van der Waals surface area contributed by atoms with Gasteiger partial charge in [-0.2, -0.15) is 0 Å². The molecule has 19 heteroatoms. The average Bonchev–Trinajstić information content (AvgIpc) is 3.51. The molecule has 17 nitrogen and oxygen atoms in total. The summed E-state index contributed by atoms with van der Waals surface area (Å²) in [7, 11) is -9.88. The van der Waals surface area contributed by atoms with Crippen molar-refractivity contribution in [2.45, 2.75) is 342 Å². The minimum atomic E-state index is -4.95. The van der Waals surface area contributed by atoms with Gasteiger partial charge in [-0.3, -0.25) is 37.3 Å². The van der Waals surface area contributed by atoms with Crippen LogP contribution in [0.1, 0.15) is 324 Å². The summed E-state index contributed by atoms with van der Waals surface area (Å²) in [6.07, 6.45) is 40.6. The number of phosphoric acid groups is 2. The van der Waals surface area contributed by atoms with Gasteiger partial charge in [0.05, 0.1) is 26.4 Å². The first-order valence-electron chi connectivity index (χ1n) is 34.0. The van der Waals surface area contributed by atoms with Gasteiger partial charge in [-0.15, -0.1) is 0 Å². The zero-order valence-electron chi connectivity index (χ0n) is 54.2. The van der Waals surface area contributed by atoms with Crippen LogP contribution in [0, 0.1) is 11.8 Å². The van der Waals surface area contributed by atoms with E-state index < -0.39 is 97.5 Å². The van der Waals surface area contributed by atoms with Gasteiger partial charge in [0.1, 0.15) is 19.3 Å². The molecule has 3 N–H and O–H groups in total. The third kappa shape index (κ3) is 57.8. The van der Waals surface area contributed by atoms with Crippen molar-refractivity contribution < 1.29 is 80.2 Å². The zero-order chi connectivity index (χ0) is 62.2. The van der Waals surface area contributed by atoms with Gasteiger partial charge in [-0.1, -0.05) is 273 Å². The molecule has 0 aliphatic heterocycles. The third-order valence-corrected chi connectivity index (χ3v) is 17.2. The van der Waals surface area contributed by atoms with Crippen LogP contribution in [0.25, 0.3) is 0 Å². The topological polar surface area (TPSA) is 237 Å². The highest BCUT2D eigenvalue weighted by molar-refractivity contribution is 7.47. The van der Waals surface area contributed by atoms with Gasteiger partial charge in [0.25, 0.3) is 0 Å². The number of aliphatic hydroxyl groups is 1. The fraction of sp³-hybridized carbons (Fsp3) is 0.938. The number of carbonyl (C=O) groups is 4. The summed E-state index contributed by atoms with van der Waals surface area (Å²) in [4.78, 5) is 72.0. The summed E-state index contributed by atoms with van der Waals surface area (Å²) in [6, 6.07) is 0. The summed E-state index contributed by atoms with van der Waals surface area (Å²) < 4.78 is 67.8. The van der Waals surface area contributed by atoms with Gasteiger partial charge in [0.2, 0.25) is 0 Å². The van der Waals surface area contributed by atoms with Crippen LogP contribution in [0.5, 0.6) is 0 Å². The van der Waals surface area contributed by atoms with E-state index >= 15 is 0 Å². The molecule has 0 radical (unpaired) electrons. The van der Waals surface area contributed by atoms with Crippen molar-refractivity contribution in [3.8, 4) is 0 Å². The minimum absolute atomic E-state index is 0.105. The molecule has 0 aliphatic carbocycles. The first kappa shape index (κ1) is 82.1. The SMILES string of the molecule is CCCCCCCCCCCC(=O)O[C@H](COC(=O)CCCCCCC)COP(=O)(O)OC[C@H](O)COP(=O)(O)OC[C@@H](COC(=O)CCCCCCCCCCCCC(C)CC)OC(=O)CCCCCCCCCCCCCCCC(C)C. The maximum atomic E-state index is 13.0. The maximum absolute atomic E-state index is 13.0. The van der Waals surface area contributed by atoms with Crippen molar-refractivity contribution in [3.05, 3.63) is 0 Å². The predicted molar refractivity (Wildman–Crippen MR) is 335 cm³/mol. The number of esters is 4. The highest BCUT2D eigenvalue weighted by atomic mass is 31.2. The maximum Gasteiger partial charge on any atom is 0.472 e. The molecule has 0 bridgehead atoms. The second-order valence-electron chi connectivity index (χ2n) is 24.2. The van der Waals surface area contributed by atoms with Gasteiger partial charge >= 0.3 is 39.5 Å². The van der Waals surface area contributed by atoms with Crippen LogP contribution in [-0.4, -0.2) is 96.7 Å². The number of aliphatic hydroxyl groups excluding tert-OH is 1. The summed E-state index contributed by atoms with van der Waals surface area (Å²) in [5, 5.41) is 10.5. The molecule has 0 fully saturated rings. The van der Waals surface area contributed by atoms with Gasteiger partial charge in [0, 0.05) is 25.7 Å². The fourth-order valence-corrected chi connectivity index (χ4v) is 11.3. The molecular formula is C65H126O17P2. The highest BCUT2D eigenvalue weighted by Crippen LogP contribution is 2.45. The van der Waals surface area contributed by atoms with Crippen molar-refractivity contribution in [2.24, 2.45) is 11.8 Å². The lowest BCUT2D eigenvalue weighted by Crippen LogP contribution is -2.30. The van der Waals surface area contributed by atoms with Crippen LogP contribution in [0.3, 0.4) is 0 Å². The standard InChI is InChI=1S/C65H126O17P2/c1-7-10-12-14-15-23-31-37-43-49-64(69)81-60(53-75-62(67)47-41-33-13-11-8-2)55-79-83(71,72)77-51-59(66)52-78-84(73,74)80-56-61(54-76-63(68)48-42-36-30-26-22-21-25-29-35-40-46-58(6)9-3)82-65(70)50-44-38-32-27-20-18-16-17-19-24-28-34-39-45-57(4)5/h57-61,66H,7-56H2,1-6H3,(H,71,72)(H,73,74)/t58?,59-,60+,61+/m0/s1. The van der Waals surface area contributed by atoms with Crippen LogP contribution in [0.4, 0.5) is 0 Å². The summed E-state index contributed by atoms with van der Waals surface area (Å²) in [5.41, 5.74) is 0. The van der Waals surface area contributed by atoms with Crippen molar-refractivity contribution in [3.63, 3.8) is 0 Å². The Morgan fingerprint density at radius 3 is 0.905 bits per heavy atom. The molecule has 3 unspecified atom stereocenters. The number of phosphoric ester groups is 2. The van der Waals surface area contributed by atoms with E-state index in [1.807, 2.05) is 0 Å². The molecule has 0 amide bonds. The van der Waals surface area contributed by atoms with Gasteiger partial charge in [0.15, 0.2) is 12.2 Å². The first-order valence-corrected chi connectivity index (χ1v) is 37.0. The van der Waals surface area contributed by atoms with E-state index in [1.54, 1.807) is 0 Å². The molecule has 0 saturated heterocycles. The second kappa shape index (κ2) is 57.5. The van der Waals surface area contributed by atoms with E-state index in [9.17, 15) is 43.2 Å². The molecular weight excluding hydrogens is 1110 g/mol. The van der Waals surface area contributed by atoms with Crippen molar-refractivity contribution in [2.75, 3.05) is 39.6 Å². The second-order valence-corrected chi connectivity index (χ2v) is 27.1. The Morgan fingerprint density at radius 2 is 0.607 bits per heavy atom. The van der Waals surface area contributed by atoms with Crippen LogP contribution in [0.2, 0.25) is 0 Å². The van der Waals surface area contributed by atoms with Gasteiger partial charge in [-0.25, -0.2) is 9.13 Å². The Labute approximate surface area is 511 Å². The Bertz CT molecular complexity index is 1650. The van der Waals surface area contributed by atoms with Crippen LogP contribution in [0.15, 0.2) is 0 Å². The Hall–Kier alpha value is -1.94. The van der Waals surface area contributed by atoms with E-state index in [4.69, 9.17) is 37.0 Å². The fourth-order valence-electron chi connectivity index (χ4n) is 9.68. The number of hydrogen-bond donors (Lipinski definition) is 3. The van der Waals surface area contributed by atoms with Gasteiger partial charge < -0.3 is 33.8 Å². The number of rotatable bonds is 64. The van der Waals surface area contributed by atoms with Crippen LogP contribution in [-0.2, 0) is 65.4 Å². The molecule has 0 saturated carbocycles. The number of hydrogen-bond acceptors (Lipinski definition) is 15. The number of ether oxygens (including phenoxy) is 4. The molecule has 0 aliphatic rings. The summed E-state index contributed by atoms with van der Waals surface area (Å²) in [6.45, 7) is 9.45. The Kier molecular flexibility index (Phi) is 56.2. The lowest BCUT2D eigenvalue weighted by Gasteiger charge is -2.21. The smallest absolute Gasteiger partial charge is 0.462 e. The molecule has 0 aromatic heterocycles. The molecule has 0 spiro atoms. The Morgan fingerprint density at radius 1 is 0.345 bits per heavy atom. The van der Waals surface area contributed by atoms with E-state index in [0.717, 1.165) is 108 Å². The van der Waals surface area contributed by atoms with E-state index in [0.29, 0.717) is 25.7 Å². The molecule has 0 heterocycles. The molecule has 6 atom stereocenters. The quantitative estimate of drug-likeness (QED) is 0.0222. The van der Waals surface area contributed by atoms with Crippen molar-refractivity contribution in [1.82, 2.24) is 0 Å². The zero-order valence-corrected chi connectivity index (χ0v) is 56.0. The molecule has 0 aromatic carbocycles. The number of unbranched alkanes of at least 4 members (excludes halogenated alkanes) is 33. The largest absolute Gasteiger partial charge is 0.472 e. The van der Waals surface area contributed by atoms with Crippen molar-refractivity contribution in [1.29, 1.82) is 0 Å². The molecule has 0 aromatic rings. The van der Waals surface area contributed by atoms with E-state index in [-0.39, 0.29) is 25.7 Å².